The molecule has 4 rings (SSSR count). The van der Waals surface area contributed by atoms with E-state index < -0.39 is 0 Å². The maximum absolute atomic E-state index is 12.7. The van der Waals surface area contributed by atoms with E-state index >= 15 is 0 Å². The van der Waals surface area contributed by atoms with E-state index in [4.69, 9.17) is 10.5 Å². The molecule has 0 bridgehead atoms. The first-order valence-electron chi connectivity index (χ1n) is 7.99. The minimum atomic E-state index is -0.323. The summed E-state index contributed by atoms with van der Waals surface area (Å²) in [5, 5.41) is 0. The first kappa shape index (κ1) is 13.1. The molecule has 1 aliphatic carbocycles. The van der Waals surface area contributed by atoms with Crippen LogP contribution >= 0.6 is 0 Å². The highest BCUT2D eigenvalue weighted by Gasteiger charge is 2.41. The van der Waals surface area contributed by atoms with E-state index in [0.717, 1.165) is 37.2 Å². The number of para-hydroxylation sites is 1. The highest BCUT2D eigenvalue weighted by atomic mass is 16.5. The zero-order chi connectivity index (χ0) is 14.4. The molecule has 4 nitrogen and oxygen atoms in total. The third kappa shape index (κ3) is 2.31. The number of rotatable bonds is 1. The van der Waals surface area contributed by atoms with E-state index in [0.29, 0.717) is 24.3 Å². The van der Waals surface area contributed by atoms with Gasteiger partial charge >= 0.3 is 0 Å². The molecule has 4 heteroatoms. The van der Waals surface area contributed by atoms with Gasteiger partial charge in [0.2, 0.25) is 0 Å². The predicted molar refractivity (Wildman–Crippen MR) is 79.9 cm³/mol. The molecule has 1 aromatic rings. The smallest absolute Gasteiger partial charge is 0.264 e. The molecule has 2 aliphatic heterocycles. The van der Waals surface area contributed by atoms with E-state index in [1.165, 1.54) is 6.42 Å². The van der Waals surface area contributed by atoms with Crippen LogP contribution < -0.4 is 10.5 Å². The zero-order valence-corrected chi connectivity index (χ0v) is 12.2. The van der Waals surface area contributed by atoms with Crippen LogP contribution in [0.1, 0.15) is 24.8 Å². The predicted octanol–water partition coefficient (Wildman–Crippen LogP) is 1.58. The van der Waals surface area contributed by atoms with Crippen LogP contribution in [0.25, 0.3) is 0 Å². The van der Waals surface area contributed by atoms with Crippen molar-refractivity contribution in [1.29, 1.82) is 0 Å². The van der Waals surface area contributed by atoms with Gasteiger partial charge in [0.1, 0.15) is 5.75 Å². The Hall–Kier alpha value is -1.55. The molecule has 0 spiro atoms. The maximum Gasteiger partial charge on any atom is 0.264 e. The average Bonchev–Trinajstić information content (AvgIpc) is 3.09. The largest absolute Gasteiger partial charge is 0.480 e. The van der Waals surface area contributed by atoms with E-state index in [1.54, 1.807) is 0 Å². The van der Waals surface area contributed by atoms with Gasteiger partial charge in [0, 0.05) is 25.6 Å². The Labute approximate surface area is 125 Å². The van der Waals surface area contributed by atoms with Crippen LogP contribution in [-0.2, 0) is 11.2 Å². The molecule has 4 atom stereocenters. The van der Waals surface area contributed by atoms with Gasteiger partial charge in [-0.05, 0) is 42.7 Å². The Morgan fingerprint density at radius 1 is 1.19 bits per heavy atom. The summed E-state index contributed by atoms with van der Waals surface area (Å²) in [7, 11) is 0. The summed E-state index contributed by atoms with van der Waals surface area (Å²) in [6, 6.07) is 8.28. The van der Waals surface area contributed by atoms with Crippen molar-refractivity contribution < 1.29 is 9.53 Å². The van der Waals surface area contributed by atoms with E-state index in [9.17, 15) is 4.79 Å². The molecular weight excluding hydrogens is 264 g/mol. The van der Waals surface area contributed by atoms with Crippen LogP contribution in [0, 0.1) is 11.8 Å². The van der Waals surface area contributed by atoms with Crippen LogP contribution in [0.3, 0.4) is 0 Å². The molecule has 0 radical (unpaired) electrons. The molecule has 1 saturated heterocycles. The summed E-state index contributed by atoms with van der Waals surface area (Å²) in [6.45, 7) is 1.76. The van der Waals surface area contributed by atoms with Crippen molar-refractivity contribution >= 4 is 5.91 Å². The normalized spacial score (nSPS) is 34.2. The fourth-order valence-electron chi connectivity index (χ4n) is 4.17. The van der Waals surface area contributed by atoms with Crippen molar-refractivity contribution in [3.63, 3.8) is 0 Å². The van der Waals surface area contributed by atoms with Crippen molar-refractivity contribution in [2.24, 2.45) is 17.6 Å². The fraction of sp³-hybridized carbons (Fsp3) is 0.588. The van der Waals surface area contributed by atoms with Crippen LogP contribution in [0.2, 0.25) is 0 Å². The molecule has 2 heterocycles. The van der Waals surface area contributed by atoms with Crippen LogP contribution in [0.15, 0.2) is 24.3 Å². The Bertz CT molecular complexity index is 534. The number of nitrogens with zero attached hydrogens (tertiary/aromatic N) is 1. The Kier molecular flexibility index (Phi) is 3.14. The Morgan fingerprint density at radius 2 is 2.00 bits per heavy atom. The fourth-order valence-corrected chi connectivity index (χ4v) is 4.17. The first-order valence-corrected chi connectivity index (χ1v) is 7.99. The van der Waals surface area contributed by atoms with Gasteiger partial charge in [-0.2, -0.15) is 0 Å². The number of fused-ring (bicyclic) bond motifs is 2. The summed E-state index contributed by atoms with van der Waals surface area (Å²) >= 11 is 0. The number of carbonyl (C=O) groups is 1. The minimum absolute atomic E-state index is 0.161. The van der Waals surface area contributed by atoms with E-state index in [1.807, 2.05) is 29.2 Å². The van der Waals surface area contributed by atoms with Gasteiger partial charge < -0.3 is 15.4 Å². The third-order valence-electron chi connectivity index (χ3n) is 5.32. The van der Waals surface area contributed by atoms with Gasteiger partial charge in [0.25, 0.3) is 5.91 Å². The van der Waals surface area contributed by atoms with Gasteiger partial charge in [-0.1, -0.05) is 18.2 Å². The highest BCUT2D eigenvalue weighted by molar-refractivity contribution is 5.83. The monoisotopic (exact) mass is 286 g/mol. The lowest BCUT2D eigenvalue weighted by atomic mass is 9.79. The van der Waals surface area contributed by atoms with Gasteiger partial charge in [0.05, 0.1) is 0 Å². The molecule has 3 aliphatic rings. The van der Waals surface area contributed by atoms with Crippen molar-refractivity contribution in [2.45, 2.75) is 37.8 Å². The molecule has 0 aromatic heterocycles. The second kappa shape index (κ2) is 5.02. The van der Waals surface area contributed by atoms with Crippen molar-refractivity contribution in [2.75, 3.05) is 13.1 Å². The van der Waals surface area contributed by atoms with Crippen molar-refractivity contribution in [3.8, 4) is 5.75 Å². The Balaban J connectivity index is 1.43. The first-order chi connectivity index (χ1) is 10.2. The summed E-state index contributed by atoms with van der Waals surface area (Å²) in [5.41, 5.74) is 7.21. The molecule has 2 N–H and O–H groups in total. The van der Waals surface area contributed by atoms with Gasteiger partial charge in [-0.3, -0.25) is 4.79 Å². The molecule has 112 valence electrons. The Morgan fingerprint density at radius 3 is 2.86 bits per heavy atom. The number of benzene rings is 1. The standard InChI is InChI=1S/C17H22N2O2/c18-14-6-5-12-9-19(10-13(12)7-14)17(20)16-8-11-3-1-2-4-15(11)21-16/h1-4,12-14,16H,5-10,18H2/t12-,13+,14?,16?/m1/s1. The second-order valence-corrected chi connectivity index (χ2v) is 6.75. The third-order valence-corrected chi connectivity index (χ3v) is 5.32. The summed E-state index contributed by atoms with van der Waals surface area (Å²) < 4.78 is 5.84. The topological polar surface area (TPSA) is 55.6 Å². The van der Waals surface area contributed by atoms with Crippen LogP contribution in [0.5, 0.6) is 5.75 Å². The molecule has 2 unspecified atom stereocenters. The minimum Gasteiger partial charge on any atom is -0.480 e. The molecule has 1 saturated carbocycles. The zero-order valence-electron chi connectivity index (χ0n) is 12.2. The van der Waals surface area contributed by atoms with E-state index in [2.05, 4.69) is 0 Å². The van der Waals surface area contributed by atoms with Gasteiger partial charge in [-0.25, -0.2) is 0 Å². The number of hydrogen-bond acceptors (Lipinski definition) is 3. The molecule has 1 aromatic carbocycles. The average molecular weight is 286 g/mol. The number of ether oxygens (including phenoxy) is 1. The van der Waals surface area contributed by atoms with Crippen LogP contribution in [0.4, 0.5) is 0 Å². The number of amides is 1. The summed E-state index contributed by atoms with van der Waals surface area (Å²) in [6.07, 6.45) is 3.73. The lowest BCUT2D eigenvalue weighted by Gasteiger charge is -2.27. The number of hydrogen-bond donors (Lipinski definition) is 1. The van der Waals surface area contributed by atoms with Crippen molar-refractivity contribution in [1.82, 2.24) is 4.90 Å². The summed E-state index contributed by atoms with van der Waals surface area (Å²) in [5.74, 6) is 2.28. The van der Waals surface area contributed by atoms with Gasteiger partial charge in [-0.15, -0.1) is 0 Å². The van der Waals surface area contributed by atoms with E-state index in [-0.39, 0.29) is 12.0 Å². The maximum atomic E-state index is 12.7. The second-order valence-electron chi connectivity index (χ2n) is 6.75. The lowest BCUT2D eigenvalue weighted by molar-refractivity contribution is -0.137. The highest BCUT2D eigenvalue weighted by Crippen LogP contribution is 2.37. The van der Waals surface area contributed by atoms with Crippen LogP contribution in [-0.4, -0.2) is 36.0 Å². The summed E-state index contributed by atoms with van der Waals surface area (Å²) in [4.78, 5) is 14.7. The number of carbonyl (C=O) groups excluding carboxylic acids is 1. The molecule has 1 amide bonds. The molecule has 2 fully saturated rings. The lowest BCUT2D eigenvalue weighted by Crippen LogP contribution is -2.40. The molecule has 21 heavy (non-hydrogen) atoms. The SMILES string of the molecule is NC1CC[C@@H]2CN(C(=O)C3Cc4ccccc4O3)C[C@@H]2C1. The van der Waals surface area contributed by atoms with Crippen molar-refractivity contribution in [3.05, 3.63) is 29.8 Å². The number of nitrogens with two attached hydrogens (primary N) is 1. The van der Waals surface area contributed by atoms with Gasteiger partial charge in [0.15, 0.2) is 6.10 Å². The quantitative estimate of drug-likeness (QED) is 0.852. The molecular formula is C17H22N2O2. The number of likely N-dealkylation sites (tertiary alicyclic amines) is 1.